The van der Waals surface area contributed by atoms with Gasteiger partial charge in [0.15, 0.2) is 4.77 Å². The predicted octanol–water partition coefficient (Wildman–Crippen LogP) is 3.76. The summed E-state index contributed by atoms with van der Waals surface area (Å²) in [5.41, 5.74) is 3.02. The molecule has 108 valence electrons. The van der Waals surface area contributed by atoms with Crippen LogP contribution in [0.5, 0.6) is 11.5 Å². The first-order chi connectivity index (χ1) is 10.2. The molecule has 21 heavy (non-hydrogen) atoms. The number of imidazole rings is 1. The Morgan fingerprint density at radius 2 is 1.71 bits per heavy atom. The zero-order valence-corrected chi connectivity index (χ0v) is 12.7. The molecule has 3 aromatic rings. The lowest BCUT2D eigenvalue weighted by Gasteiger charge is -2.10. The number of fused-ring (bicyclic) bond motifs is 1. The van der Waals surface area contributed by atoms with Crippen LogP contribution < -0.4 is 9.47 Å². The second-order valence-electron chi connectivity index (χ2n) is 4.68. The maximum atomic E-state index is 5.45. The van der Waals surface area contributed by atoms with E-state index in [1.54, 1.807) is 14.2 Å². The molecule has 1 N–H and O–H groups in total. The van der Waals surface area contributed by atoms with Crippen LogP contribution in [0.2, 0.25) is 0 Å². The highest BCUT2D eigenvalue weighted by Crippen LogP contribution is 2.26. The fraction of sp³-hybridized carbons (Fsp3) is 0.188. The third-order valence-corrected chi connectivity index (χ3v) is 3.84. The number of ether oxygens (including phenoxy) is 2. The van der Waals surface area contributed by atoms with Gasteiger partial charge in [-0.1, -0.05) is 24.3 Å². The van der Waals surface area contributed by atoms with Gasteiger partial charge in [-0.25, -0.2) is 0 Å². The number of hydrogen-bond acceptors (Lipinski definition) is 3. The zero-order chi connectivity index (χ0) is 14.8. The van der Waals surface area contributed by atoms with Gasteiger partial charge >= 0.3 is 0 Å². The quantitative estimate of drug-likeness (QED) is 0.746. The third kappa shape index (κ3) is 2.40. The number of para-hydroxylation sites is 2. The van der Waals surface area contributed by atoms with Gasteiger partial charge in [-0.15, -0.1) is 0 Å². The molecule has 1 heterocycles. The molecule has 0 unspecified atom stereocenters. The van der Waals surface area contributed by atoms with Gasteiger partial charge in [-0.3, -0.25) is 0 Å². The van der Waals surface area contributed by atoms with Crippen molar-refractivity contribution in [1.82, 2.24) is 9.55 Å². The van der Waals surface area contributed by atoms with E-state index in [2.05, 4.69) is 4.98 Å². The summed E-state index contributed by atoms with van der Waals surface area (Å²) in [5.74, 6) is 1.65. The SMILES string of the molecule is COc1ccccc1Cn1c(=S)[nH]c2c(OC)cccc21. The largest absolute Gasteiger partial charge is 0.496 e. The van der Waals surface area contributed by atoms with Crippen LogP contribution in [-0.4, -0.2) is 23.8 Å². The Bertz CT molecular complexity index is 836. The van der Waals surface area contributed by atoms with Crippen LogP contribution in [0, 0.1) is 4.77 Å². The fourth-order valence-electron chi connectivity index (χ4n) is 2.48. The first kappa shape index (κ1) is 13.7. The van der Waals surface area contributed by atoms with E-state index in [4.69, 9.17) is 21.7 Å². The Morgan fingerprint density at radius 3 is 2.48 bits per heavy atom. The van der Waals surface area contributed by atoms with Crippen molar-refractivity contribution in [1.29, 1.82) is 0 Å². The molecular weight excluding hydrogens is 284 g/mol. The molecule has 0 amide bonds. The van der Waals surface area contributed by atoms with E-state index < -0.39 is 0 Å². The van der Waals surface area contributed by atoms with Crippen molar-refractivity contribution in [3.05, 3.63) is 52.8 Å². The van der Waals surface area contributed by atoms with Crippen molar-refractivity contribution in [2.75, 3.05) is 14.2 Å². The summed E-state index contributed by atoms with van der Waals surface area (Å²) in [6.45, 7) is 0.649. The van der Waals surface area contributed by atoms with Crippen molar-refractivity contribution < 1.29 is 9.47 Å². The molecule has 0 saturated carbocycles. The minimum Gasteiger partial charge on any atom is -0.496 e. The van der Waals surface area contributed by atoms with Crippen LogP contribution in [0.3, 0.4) is 0 Å². The summed E-state index contributed by atoms with van der Waals surface area (Å²) in [6, 6.07) is 13.9. The van der Waals surface area contributed by atoms with Crippen molar-refractivity contribution in [2.45, 2.75) is 6.54 Å². The highest BCUT2D eigenvalue weighted by Gasteiger charge is 2.10. The molecule has 0 aliphatic heterocycles. The average Bonchev–Trinajstić information content (AvgIpc) is 2.84. The van der Waals surface area contributed by atoms with Crippen LogP contribution in [0.4, 0.5) is 0 Å². The second kappa shape index (κ2) is 5.61. The Kier molecular flexibility index (Phi) is 3.66. The number of aromatic nitrogens is 2. The number of methoxy groups -OCH3 is 2. The van der Waals surface area contributed by atoms with Gasteiger partial charge in [0.1, 0.15) is 17.0 Å². The summed E-state index contributed by atoms with van der Waals surface area (Å²) in [7, 11) is 3.33. The van der Waals surface area contributed by atoms with Crippen LogP contribution in [0.1, 0.15) is 5.56 Å². The summed E-state index contributed by atoms with van der Waals surface area (Å²) >= 11 is 5.45. The Balaban J connectivity index is 2.13. The molecule has 5 heteroatoms. The molecule has 3 rings (SSSR count). The van der Waals surface area contributed by atoms with E-state index >= 15 is 0 Å². The van der Waals surface area contributed by atoms with Gasteiger partial charge in [0.2, 0.25) is 0 Å². The van der Waals surface area contributed by atoms with E-state index in [0.717, 1.165) is 28.1 Å². The monoisotopic (exact) mass is 300 g/mol. The molecular formula is C16H16N2O2S. The van der Waals surface area contributed by atoms with Gasteiger partial charge in [0.25, 0.3) is 0 Å². The molecule has 2 aromatic carbocycles. The zero-order valence-electron chi connectivity index (χ0n) is 11.9. The lowest BCUT2D eigenvalue weighted by atomic mass is 10.2. The van der Waals surface area contributed by atoms with Crippen molar-refractivity contribution >= 4 is 23.3 Å². The van der Waals surface area contributed by atoms with E-state index in [0.29, 0.717) is 11.3 Å². The Hall–Kier alpha value is -2.27. The third-order valence-electron chi connectivity index (χ3n) is 3.51. The number of aromatic amines is 1. The first-order valence-electron chi connectivity index (χ1n) is 6.62. The number of rotatable bonds is 4. The number of H-pyrrole nitrogens is 1. The van der Waals surface area contributed by atoms with Crippen LogP contribution in [-0.2, 0) is 6.54 Å². The van der Waals surface area contributed by atoms with E-state index in [9.17, 15) is 0 Å². The lowest BCUT2D eigenvalue weighted by molar-refractivity contribution is 0.408. The minimum absolute atomic E-state index is 0.649. The molecule has 0 aliphatic carbocycles. The Morgan fingerprint density at radius 1 is 1.00 bits per heavy atom. The smallest absolute Gasteiger partial charge is 0.178 e. The van der Waals surface area contributed by atoms with Gasteiger partial charge in [-0.2, -0.15) is 0 Å². The molecule has 0 aliphatic rings. The molecule has 0 atom stereocenters. The van der Waals surface area contributed by atoms with Gasteiger partial charge in [-0.05, 0) is 30.4 Å². The van der Waals surface area contributed by atoms with E-state index in [-0.39, 0.29) is 0 Å². The number of nitrogens with zero attached hydrogens (tertiary/aromatic N) is 1. The second-order valence-corrected chi connectivity index (χ2v) is 5.07. The van der Waals surface area contributed by atoms with Crippen LogP contribution >= 0.6 is 12.2 Å². The topological polar surface area (TPSA) is 39.2 Å². The van der Waals surface area contributed by atoms with E-state index in [1.165, 1.54) is 0 Å². The van der Waals surface area contributed by atoms with Crippen molar-refractivity contribution in [3.63, 3.8) is 0 Å². The average molecular weight is 300 g/mol. The number of hydrogen-bond donors (Lipinski definition) is 1. The predicted molar refractivity (Wildman–Crippen MR) is 85.8 cm³/mol. The van der Waals surface area contributed by atoms with E-state index in [1.807, 2.05) is 47.0 Å². The summed E-state index contributed by atoms with van der Waals surface area (Å²) in [5, 5.41) is 0. The highest BCUT2D eigenvalue weighted by molar-refractivity contribution is 7.71. The molecule has 0 bridgehead atoms. The number of benzene rings is 2. The van der Waals surface area contributed by atoms with Gasteiger partial charge in [0.05, 0.1) is 26.3 Å². The van der Waals surface area contributed by atoms with Gasteiger partial charge in [0, 0.05) is 5.56 Å². The summed E-state index contributed by atoms with van der Waals surface area (Å²) < 4.78 is 13.5. The molecule has 0 saturated heterocycles. The van der Waals surface area contributed by atoms with Crippen LogP contribution in [0.15, 0.2) is 42.5 Å². The first-order valence-corrected chi connectivity index (χ1v) is 7.03. The molecule has 0 spiro atoms. The molecule has 1 aromatic heterocycles. The molecule has 0 fully saturated rings. The summed E-state index contributed by atoms with van der Waals surface area (Å²) in [4.78, 5) is 3.22. The molecule has 4 nitrogen and oxygen atoms in total. The lowest BCUT2D eigenvalue weighted by Crippen LogP contribution is -2.01. The maximum absolute atomic E-state index is 5.45. The minimum atomic E-state index is 0.649. The normalized spacial score (nSPS) is 10.8. The standard InChI is InChI=1S/C16H16N2O2S/c1-19-13-8-4-3-6-11(13)10-18-12-7-5-9-14(20-2)15(12)17-16(18)21/h3-9H,10H2,1-2H3,(H,17,21). The van der Waals surface area contributed by atoms with Crippen molar-refractivity contribution in [3.8, 4) is 11.5 Å². The van der Waals surface area contributed by atoms with Gasteiger partial charge < -0.3 is 19.0 Å². The highest BCUT2D eigenvalue weighted by atomic mass is 32.1. The van der Waals surface area contributed by atoms with Crippen LogP contribution in [0.25, 0.3) is 11.0 Å². The van der Waals surface area contributed by atoms with Crippen molar-refractivity contribution in [2.24, 2.45) is 0 Å². The fourth-order valence-corrected chi connectivity index (χ4v) is 2.75. The summed E-state index contributed by atoms with van der Waals surface area (Å²) in [6.07, 6.45) is 0. The number of nitrogens with one attached hydrogen (secondary N) is 1. The molecule has 0 radical (unpaired) electrons. The Labute approximate surface area is 127 Å². The maximum Gasteiger partial charge on any atom is 0.178 e.